The SMILES string of the molecule is CC1CC(=O)N(CC(=O)c2sccc2Br)C1=O. The van der Waals surface area contributed by atoms with E-state index in [0.29, 0.717) is 9.35 Å². The number of carbonyl (C=O) groups excluding carboxylic acids is 3. The number of hydrogen-bond donors (Lipinski definition) is 0. The molecule has 1 fully saturated rings. The standard InChI is InChI=1S/C11H10BrNO3S/c1-6-4-9(15)13(11(6)16)5-8(14)10-7(12)2-3-17-10/h2-3,6H,4-5H2,1H3. The number of rotatable bonds is 3. The Labute approximate surface area is 111 Å². The molecule has 6 heteroatoms. The molecule has 17 heavy (non-hydrogen) atoms. The second-order valence-corrected chi connectivity index (χ2v) is 5.71. The van der Waals surface area contributed by atoms with E-state index in [4.69, 9.17) is 0 Å². The van der Waals surface area contributed by atoms with Crippen molar-refractivity contribution in [3.8, 4) is 0 Å². The maximum Gasteiger partial charge on any atom is 0.232 e. The number of carbonyl (C=O) groups is 3. The number of halogens is 1. The molecule has 1 aliphatic heterocycles. The van der Waals surface area contributed by atoms with E-state index in [1.165, 1.54) is 11.3 Å². The van der Waals surface area contributed by atoms with Crippen LogP contribution in [0.2, 0.25) is 0 Å². The Morgan fingerprint density at radius 2 is 2.29 bits per heavy atom. The quantitative estimate of drug-likeness (QED) is 0.634. The van der Waals surface area contributed by atoms with Crippen molar-refractivity contribution in [3.05, 3.63) is 20.8 Å². The monoisotopic (exact) mass is 315 g/mol. The Bertz CT molecular complexity index is 497. The van der Waals surface area contributed by atoms with Crippen LogP contribution in [0.5, 0.6) is 0 Å². The predicted molar refractivity (Wildman–Crippen MR) is 66.9 cm³/mol. The van der Waals surface area contributed by atoms with Gasteiger partial charge in [0, 0.05) is 16.8 Å². The van der Waals surface area contributed by atoms with Gasteiger partial charge >= 0.3 is 0 Å². The highest BCUT2D eigenvalue weighted by atomic mass is 79.9. The van der Waals surface area contributed by atoms with Crippen LogP contribution in [-0.2, 0) is 9.59 Å². The number of likely N-dealkylation sites (tertiary alicyclic amines) is 1. The molecule has 0 spiro atoms. The van der Waals surface area contributed by atoms with Crippen LogP contribution in [0.15, 0.2) is 15.9 Å². The number of ketones is 1. The molecule has 1 aromatic heterocycles. The predicted octanol–water partition coefficient (Wildman–Crippen LogP) is 2.09. The maximum absolute atomic E-state index is 11.9. The van der Waals surface area contributed by atoms with Crippen LogP contribution in [0, 0.1) is 5.92 Å². The first-order valence-electron chi connectivity index (χ1n) is 5.11. The lowest BCUT2D eigenvalue weighted by Crippen LogP contribution is -2.35. The molecule has 4 nitrogen and oxygen atoms in total. The molecule has 0 N–H and O–H groups in total. The second kappa shape index (κ2) is 4.70. The smallest absolute Gasteiger partial charge is 0.232 e. The minimum atomic E-state index is -0.304. The van der Waals surface area contributed by atoms with Crippen molar-refractivity contribution in [1.29, 1.82) is 0 Å². The first-order valence-corrected chi connectivity index (χ1v) is 6.78. The van der Waals surface area contributed by atoms with E-state index in [0.717, 1.165) is 4.90 Å². The number of thiophene rings is 1. The van der Waals surface area contributed by atoms with Gasteiger partial charge in [-0.3, -0.25) is 19.3 Å². The second-order valence-electron chi connectivity index (χ2n) is 3.94. The Morgan fingerprint density at radius 3 is 2.76 bits per heavy atom. The van der Waals surface area contributed by atoms with Crippen molar-refractivity contribution in [3.63, 3.8) is 0 Å². The van der Waals surface area contributed by atoms with Gasteiger partial charge in [0.2, 0.25) is 11.8 Å². The minimum absolute atomic E-state index is 0.152. The van der Waals surface area contributed by atoms with Crippen LogP contribution in [-0.4, -0.2) is 29.0 Å². The molecule has 2 amide bonds. The molecule has 1 unspecified atom stereocenters. The van der Waals surface area contributed by atoms with Crippen molar-refractivity contribution in [2.75, 3.05) is 6.54 Å². The van der Waals surface area contributed by atoms with Gasteiger partial charge in [-0.2, -0.15) is 0 Å². The van der Waals surface area contributed by atoms with Gasteiger partial charge in [0.1, 0.15) is 0 Å². The summed E-state index contributed by atoms with van der Waals surface area (Å²) in [6.45, 7) is 1.55. The van der Waals surface area contributed by atoms with E-state index in [1.807, 2.05) is 0 Å². The van der Waals surface area contributed by atoms with Crippen molar-refractivity contribution < 1.29 is 14.4 Å². The molecular weight excluding hydrogens is 306 g/mol. The van der Waals surface area contributed by atoms with E-state index in [1.54, 1.807) is 18.4 Å². The van der Waals surface area contributed by atoms with Crippen LogP contribution in [0.4, 0.5) is 0 Å². The Balaban J connectivity index is 2.12. The number of Topliss-reactive ketones (excluding diaryl/α,β-unsaturated/α-hetero) is 1. The zero-order valence-electron chi connectivity index (χ0n) is 9.10. The summed E-state index contributed by atoms with van der Waals surface area (Å²) in [5.74, 6) is -1.02. The summed E-state index contributed by atoms with van der Waals surface area (Å²) < 4.78 is 0.708. The molecule has 2 heterocycles. The summed E-state index contributed by atoms with van der Waals surface area (Å²) >= 11 is 4.56. The Kier molecular flexibility index (Phi) is 3.44. The average molecular weight is 316 g/mol. The van der Waals surface area contributed by atoms with Crippen molar-refractivity contribution in [1.82, 2.24) is 4.90 Å². The molecule has 1 aliphatic rings. The summed E-state index contributed by atoms with van der Waals surface area (Å²) in [6.07, 6.45) is 0.206. The van der Waals surface area contributed by atoms with Gasteiger partial charge in [-0.1, -0.05) is 6.92 Å². The Hall–Kier alpha value is -1.01. The third kappa shape index (κ3) is 2.32. The van der Waals surface area contributed by atoms with Gasteiger partial charge in [-0.25, -0.2) is 0 Å². The van der Waals surface area contributed by atoms with Gasteiger partial charge in [0.15, 0.2) is 5.78 Å². The minimum Gasteiger partial charge on any atom is -0.291 e. The fraction of sp³-hybridized carbons (Fsp3) is 0.364. The fourth-order valence-corrected chi connectivity index (χ4v) is 3.25. The molecule has 0 aromatic carbocycles. The highest BCUT2D eigenvalue weighted by Crippen LogP contribution is 2.25. The summed E-state index contributed by atoms with van der Waals surface area (Å²) in [5.41, 5.74) is 0. The van der Waals surface area contributed by atoms with Crippen molar-refractivity contribution >= 4 is 44.9 Å². The maximum atomic E-state index is 11.9. The lowest BCUT2D eigenvalue weighted by molar-refractivity contribution is -0.138. The zero-order chi connectivity index (χ0) is 12.6. The molecule has 1 saturated heterocycles. The largest absolute Gasteiger partial charge is 0.291 e. The van der Waals surface area contributed by atoms with Crippen LogP contribution >= 0.6 is 27.3 Å². The normalized spacial score (nSPS) is 20.1. The van der Waals surface area contributed by atoms with Gasteiger partial charge in [0.05, 0.1) is 11.4 Å². The van der Waals surface area contributed by atoms with E-state index in [9.17, 15) is 14.4 Å². The highest BCUT2D eigenvalue weighted by molar-refractivity contribution is 9.10. The van der Waals surface area contributed by atoms with E-state index < -0.39 is 0 Å². The average Bonchev–Trinajstić information content (AvgIpc) is 2.78. The lowest BCUT2D eigenvalue weighted by atomic mass is 10.1. The molecule has 0 aliphatic carbocycles. The summed E-state index contributed by atoms with van der Waals surface area (Å²) in [5, 5.41) is 1.79. The molecule has 1 aromatic rings. The molecule has 2 rings (SSSR count). The highest BCUT2D eigenvalue weighted by Gasteiger charge is 2.36. The topological polar surface area (TPSA) is 54.5 Å². The Morgan fingerprint density at radius 1 is 1.59 bits per heavy atom. The van der Waals surface area contributed by atoms with Gasteiger partial charge in [-0.05, 0) is 27.4 Å². The van der Waals surface area contributed by atoms with Crippen LogP contribution < -0.4 is 0 Å². The van der Waals surface area contributed by atoms with Crippen LogP contribution in [0.3, 0.4) is 0 Å². The molecular formula is C11H10BrNO3S. The first-order chi connectivity index (χ1) is 8.00. The molecule has 1 atom stereocenters. The van der Waals surface area contributed by atoms with E-state index in [-0.39, 0.29) is 36.5 Å². The number of hydrogen-bond acceptors (Lipinski definition) is 4. The summed E-state index contributed by atoms with van der Waals surface area (Å²) in [4.78, 5) is 36.7. The van der Waals surface area contributed by atoms with Crippen molar-refractivity contribution in [2.24, 2.45) is 5.92 Å². The summed E-state index contributed by atoms with van der Waals surface area (Å²) in [7, 11) is 0. The lowest BCUT2D eigenvalue weighted by Gasteiger charge is -2.12. The molecule has 90 valence electrons. The van der Waals surface area contributed by atoms with Crippen LogP contribution in [0.1, 0.15) is 23.0 Å². The van der Waals surface area contributed by atoms with Gasteiger partial charge < -0.3 is 0 Å². The molecule has 0 saturated carbocycles. The van der Waals surface area contributed by atoms with Crippen LogP contribution in [0.25, 0.3) is 0 Å². The molecule has 0 bridgehead atoms. The van der Waals surface area contributed by atoms with Crippen molar-refractivity contribution in [2.45, 2.75) is 13.3 Å². The van der Waals surface area contributed by atoms with E-state index in [2.05, 4.69) is 15.9 Å². The van der Waals surface area contributed by atoms with E-state index >= 15 is 0 Å². The molecule has 0 radical (unpaired) electrons. The number of nitrogens with zero attached hydrogens (tertiary/aromatic N) is 1. The third-order valence-corrected chi connectivity index (χ3v) is 4.52. The number of amides is 2. The fourth-order valence-electron chi connectivity index (χ4n) is 1.72. The van der Waals surface area contributed by atoms with Gasteiger partial charge in [0.25, 0.3) is 0 Å². The first kappa shape index (κ1) is 12.4. The third-order valence-electron chi connectivity index (χ3n) is 2.64. The number of imide groups is 1. The summed E-state index contributed by atoms with van der Waals surface area (Å²) in [6, 6.07) is 1.77. The van der Waals surface area contributed by atoms with Gasteiger partial charge in [-0.15, -0.1) is 11.3 Å². The zero-order valence-corrected chi connectivity index (χ0v) is 11.5.